The molecular formula is C25H48O4. The predicted octanol–water partition coefficient (Wildman–Crippen LogP) is 7.52. The van der Waals surface area contributed by atoms with Gasteiger partial charge in [-0.15, -0.1) is 0 Å². The van der Waals surface area contributed by atoms with E-state index in [0.29, 0.717) is 12.8 Å². The standard InChI is InChI=1S/C25H48O4/c1-5-7-9-14-18-22(3)28-24(26)20-16-12-11-13-17-21-25(27)29-23(4)19-15-10-8-6-2/h22-23H,5-21H2,1-4H3. The molecule has 4 heteroatoms. The molecule has 0 saturated carbocycles. The number of carbonyl (C=O) groups excluding carboxylic acids is 2. The number of ether oxygens (including phenoxy) is 2. The molecule has 0 N–H and O–H groups in total. The lowest BCUT2D eigenvalue weighted by molar-refractivity contribution is -0.149. The van der Waals surface area contributed by atoms with Gasteiger partial charge in [0.1, 0.15) is 0 Å². The highest BCUT2D eigenvalue weighted by Gasteiger charge is 2.10. The van der Waals surface area contributed by atoms with Crippen LogP contribution in [-0.4, -0.2) is 24.1 Å². The zero-order valence-corrected chi connectivity index (χ0v) is 19.8. The highest BCUT2D eigenvalue weighted by atomic mass is 16.5. The Kier molecular flexibility index (Phi) is 19.5. The van der Waals surface area contributed by atoms with Gasteiger partial charge in [-0.1, -0.05) is 71.6 Å². The van der Waals surface area contributed by atoms with Crippen LogP contribution in [0.3, 0.4) is 0 Å². The lowest BCUT2D eigenvalue weighted by Gasteiger charge is -2.13. The first-order valence-corrected chi connectivity index (χ1v) is 12.4. The van der Waals surface area contributed by atoms with Crippen molar-refractivity contribution >= 4 is 11.9 Å². The minimum atomic E-state index is -0.0653. The Bertz CT molecular complexity index is 358. The molecule has 0 aromatic carbocycles. The number of esters is 2. The van der Waals surface area contributed by atoms with Crippen molar-refractivity contribution in [3.05, 3.63) is 0 Å². The number of unbranched alkanes of at least 4 members (excludes halogenated alkanes) is 10. The Morgan fingerprint density at radius 3 is 1.28 bits per heavy atom. The van der Waals surface area contributed by atoms with Crippen molar-refractivity contribution in [1.82, 2.24) is 0 Å². The zero-order chi connectivity index (χ0) is 21.7. The molecule has 2 unspecified atom stereocenters. The van der Waals surface area contributed by atoms with Crippen LogP contribution in [0.1, 0.15) is 137 Å². The van der Waals surface area contributed by atoms with Gasteiger partial charge >= 0.3 is 11.9 Å². The van der Waals surface area contributed by atoms with E-state index in [4.69, 9.17) is 9.47 Å². The molecule has 172 valence electrons. The first kappa shape index (κ1) is 27.9. The van der Waals surface area contributed by atoms with E-state index in [2.05, 4.69) is 13.8 Å². The molecule has 29 heavy (non-hydrogen) atoms. The van der Waals surface area contributed by atoms with E-state index in [-0.39, 0.29) is 24.1 Å². The smallest absolute Gasteiger partial charge is 0.306 e. The summed E-state index contributed by atoms with van der Waals surface area (Å²) in [4.78, 5) is 23.7. The van der Waals surface area contributed by atoms with Crippen LogP contribution in [0.4, 0.5) is 0 Å². The van der Waals surface area contributed by atoms with Gasteiger partial charge in [-0.2, -0.15) is 0 Å². The fourth-order valence-corrected chi connectivity index (χ4v) is 3.47. The first-order chi connectivity index (χ1) is 14.0. The molecule has 0 heterocycles. The van der Waals surface area contributed by atoms with Crippen LogP contribution in [0, 0.1) is 0 Å². The highest BCUT2D eigenvalue weighted by molar-refractivity contribution is 5.69. The van der Waals surface area contributed by atoms with Crippen LogP contribution >= 0.6 is 0 Å². The molecule has 0 aliphatic heterocycles. The molecule has 2 atom stereocenters. The molecule has 0 amide bonds. The van der Waals surface area contributed by atoms with Crippen LogP contribution in [0.2, 0.25) is 0 Å². The second-order valence-electron chi connectivity index (χ2n) is 8.57. The third-order valence-electron chi connectivity index (χ3n) is 5.36. The Balaban J connectivity index is 3.50. The number of hydrogen-bond donors (Lipinski definition) is 0. The molecular weight excluding hydrogens is 364 g/mol. The molecule has 0 spiro atoms. The van der Waals surface area contributed by atoms with Crippen LogP contribution in [-0.2, 0) is 19.1 Å². The average molecular weight is 413 g/mol. The number of rotatable bonds is 20. The summed E-state index contributed by atoms with van der Waals surface area (Å²) >= 11 is 0. The lowest BCUT2D eigenvalue weighted by Crippen LogP contribution is -2.14. The molecule has 0 fully saturated rings. The summed E-state index contributed by atoms with van der Waals surface area (Å²) in [6.45, 7) is 8.39. The van der Waals surface area contributed by atoms with E-state index in [1.807, 2.05) is 13.8 Å². The molecule has 4 nitrogen and oxygen atoms in total. The van der Waals surface area contributed by atoms with Gasteiger partial charge in [-0.3, -0.25) is 9.59 Å². The summed E-state index contributed by atoms with van der Waals surface area (Å²) < 4.78 is 10.9. The Morgan fingerprint density at radius 1 is 0.552 bits per heavy atom. The largest absolute Gasteiger partial charge is 0.463 e. The van der Waals surface area contributed by atoms with Gasteiger partial charge in [0.2, 0.25) is 0 Å². The number of hydrogen-bond acceptors (Lipinski definition) is 4. The van der Waals surface area contributed by atoms with Gasteiger partial charge in [0.15, 0.2) is 0 Å². The molecule has 0 aromatic rings. The Morgan fingerprint density at radius 2 is 0.897 bits per heavy atom. The van der Waals surface area contributed by atoms with Gasteiger partial charge in [0.05, 0.1) is 12.2 Å². The topological polar surface area (TPSA) is 52.6 Å². The molecule has 0 radical (unpaired) electrons. The number of carbonyl (C=O) groups is 2. The fraction of sp³-hybridized carbons (Fsp3) is 0.920. The fourth-order valence-electron chi connectivity index (χ4n) is 3.47. The van der Waals surface area contributed by atoms with E-state index in [0.717, 1.165) is 57.8 Å². The summed E-state index contributed by atoms with van der Waals surface area (Å²) in [6, 6.07) is 0. The Labute approximate surface area is 180 Å². The van der Waals surface area contributed by atoms with Gasteiger partial charge in [-0.25, -0.2) is 0 Å². The molecule has 0 aromatic heterocycles. The summed E-state index contributed by atoms with van der Waals surface area (Å²) in [5, 5.41) is 0. The minimum Gasteiger partial charge on any atom is -0.463 e. The van der Waals surface area contributed by atoms with E-state index in [1.54, 1.807) is 0 Å². The van der Waals surface area contributed by atoms with E-state index in [9.17, 15) is 9.59 Å². The van der Waals surface area contributed by atoms with Gasteiger partial charge in [0.25, 0.3) is 0 Å². The second-order valence-corrected chi connectivity index (χ2v) is 8.57. The normalized spacial score (nSPS) is 13.1. The van der Waals surface area contributed by atoms with Crippen LogP contribution in [0.15, 0.2) is 0 Å². The molecule has 0 aliphatic carbocycles. The van der Waals surface area contributed by atoms with Crippen molar-refractivity contribution in [2.75, 3.05) is 0 Å². The van der Waals surface area contributed by atoms with E-state index < -0.39 is 0 Å². The monoisotopic (exact) mass is 412 g/mol. The average Bonchev–Trinajstić information content (AvgIpc) is 2.67. The van der Waals surface area contributed by atoms with Crippen molar-refractivity contribution in [2.24, 2.45) is 0 Å². The predicted molar refractivity (Wildman–Crippen MR) is 121 cm³/mol. The Hall–Kier alpha value is -1.06. The lowest BCUT2D eigenvalue weighted by atomic mass is 10.1. The van der Waals surface area contributed by atoms with Crippen molar-refractivity contribution in [2.45, 2.75) is 149 Å². The van der Waals surface area contributed by atoms with Crippen molar-refractivity contribution < 1.29 is 19.1 Å². The first-order valence-electron chi connectivity index (χ1n) is 12.4. The van der Waals surface area contributed by atoms with Gasteiger partial charge in [-0.05, 0) is 52.4 Å². The molecule has 0 bridgehead atoms. The SMILES string of the molecule is CCCCCCC(C)OC(=O)CCCCCCCC(=O)OC(C)CCCCCC. The maximum atomic E-state index is 11.9. The van der Waals surface area contributed by atoms with Crippen molar-refractivity contribution in [1.29, 1.82) is 0 Å². The van der Waals surface area contributed by atoms with Crippen molar-refractivity contribution in [3.63, 3.8) is 0 Å². The third kappa shape index (κ3) is 20.0. The summed E-state index contributed by atoms with van der Waals surface area (Å²) in [6.07, 6.45) is 17.6. The van der Waals surface area contributed by atoms with E-state index >= 15 is 0 Å². The summed E-state index contributed by atoms with van der Waals surface area (Å²) in [5.41, 5.74) is 0. The molecule has 0 rings (SSSR count). The van der Waals surface area contributed by atoms with Crippen LogP contribution in [0.5, 0.6) is 0 Å². The van der Waals surface area contributed by atoms with Crippen molar-refractivity contribution in [3.8, 4) is 0 Å². The zero-order valence-electron chi connectivity index (χ0n) is 19.8. The summed E-state index contributed by atoms with van der Waals surface area (Å²) in [7, 11) is 0. The highest BCUT2D eigenvalue weighted by Crippen LogP contribution is 2.13. The van der Waals surface area contributed by atoms with Crippen LogP contribution in [0.25, 0.3) is 0 Å². The van der Waals surface area contributed by atoms with Gasteiger partial charge < -0.3 is 9.47 Å². The van der Waals surface area contributed by atoms with E-state index in [1.165, 1.54) is 38.5 Å². The third-order valence-corrected chi connectivity index (χ3v) is 5.36. The molecule has 0 aliphatic rings. The second kappa shape index (κ2) is 20.2. The van der Waals surface area contributed by atoms with Gasteiger partial charge in [0, 0.05) is 12.8 Å². The molecule has 0 saturated heterocycles. The van der Waals surface area contributed by atoms with Crippen LogP contribution < -0.4 is 0 Å². The maximum Gasteiger partial charge on any atom is 0.306 e. The maximum absolute atomic E-state index is 11.9. The summed E-state index contributed by atoms with van der Waals surface area (Å²) in [5.74, 6) is -0.131. The quantitative estimate of drug-likeness (QED) is 0.153. The minimum absolute atomic E-state index is 0.0411.